The van der Waals surface area contributed by atoms with Crippen molar-refractivity contribution in [2.45, 2.75) is 19.6 Å². The smallest absolute Gasteiger partial charge is 0.156 e. The second kappa shape index (κ2) is 4.98. The summed E-state index contributed by atoms with van der Waals surface area (Å²) in [7, 11) is 0. The Bertz CT molecular complexity index is 627. The van der Waals surface area contributed by atoms with Crippen molar-refractivity contribution in [3.63, 3.8) is 0 Å². The summed E-state index contributed by atoms with van der Waals surface area (Å²) in [6.07, 6.45) is -0.266. The molecule has 4 nitrogen and oxygen atoms in total. The van der Waals surface area contributed by atoms with Gasteiger partial charge < -0.3 is 4.90 Å². The highest BCUT2D eigenvalue weighted by molar-refractivity contribution is 6.02. The maximum absolute atomic E-state index is 10.1. The summed E-state index contributed by atoms with van der Waals surface area (Å²) in [5, 5.41) is 19.2. The van der Waals surface area contributed by atoms with Crippen molar-refractivity contribution in [2.24, 2.45) is 0 Å². The number of para-hydroxylation sites is 1. The van der Waals surface area contributed by atoms with E-state index in [4.69, 9.17) is 5.41 Å². The quantitative estimate of drug-likeness (QED) is 0.879. The Morgan fingerprint density at radius 3 is 2.45 bits per heavy atom. The molecule has 1 atom stereocenters. The third-order valence-electron chi connectivity index (χ3n) is 3.70. The number of amidine groups is 1. The third-order valence-corrected chi connectivity index (χ3v) is 3.70. The van der Waals surface area contributed by atoms with Gasteiger partial charge in [0.05, 0.1) is 0 Å². The molecule has 0 saturated heterocycles. The molecule has 0 spiro atoms. The number of hydrogen-bond acceptors (Lipinski definition) is 3. The number of fused-ring (bicyclic) bond motifs is 1. The summed E-state index contributed by atoms with van der Waals surface area (Å²) in [4.78, 5) is 2.10. The average Bonchev–Trinajstić information content (AvgIpc) is 2.50. The molecular weight excluding hydrogens is 250 g/mol. The lowest BCUT2D eigenvalue weighted by Crippen LogP contribution is -2.51. The predicted molar refractivity (Wildman–Crippen MR) is 79.0 cm³/mol. The zero-order valence-electron chi connectivity index (χ0n) is 11.3. The van der Waals surface area contributed by atoms with Gasteiger partial charge in [-0.3, -0.25) is 10.6 Å². The molecule has 1 unspecified atom stereocenters. The minimum absolute atomic E-state index is 0.150. The molecule has 0 radical (unpaired) electrons. The molecule has 1 aliphatic rings. The number of hydroxylamine groups is 2. The normalized spacial score (nSPS) is 18.1. The van der Waals surface area contributed by atoms with E-state index in [-0.39, 0.29) is 12.0 Å². The molecule has 0 amide bonds. The zero-order valence-corrected chi connectivity index (χ0v) is 11.3. The van der Waals surface area contributed by atoms with E-state index in [1.54, 1.807) is 0 Å². The average molecular weight is 267 g/mol. The largest absolute Gasteiger partial charge is 0.344 e. The number of nitrogens with one attached hydrogen (secondary N) is 1. The van der Waals surface area contributed by atoms with Gasteiger partial charge in [0.1, 0.15) is 6.17 Å². The van der Waals surface area contributed by atoms with Crippen molar-refractivity contribution in [3.8, 4) is 0 Å². The Kier molecular flexibility index (Phi) is 3.16. The highest BCUT2D eigenvalue weighted by Gasteiger charge is 2.31. The van der Waals surface area contributed by atoms with Gasteiger partial charge in [-0.05, 0) is 24.6 Å². The molecule has 0 aromatic heterocycles. The molecule has 0 saturated carbocycles. The van der Waals surface area contributed by atoms with E-state index in [9.17, 15) is 5.21 Å². The van der Waals surface area contributed by atoms with E-state index in [1.807, 2.05) is 49.4 Å². The lowest BCUT2D eigenvalue weighted by molar-refractivity contribution is -0.0517. The summed E-state index contributed by atoms with van der Waals surface area (Å²) in [6.45, 7) is 2.59. The van der Waals surface area contributed by atoms with E-state index in [0.717, 1.165) is 16.3 Å². The van der Waals surface area contributed by atoms with Crippen LogP contribution in [0.25, 0.3) is 0 Å². The fourth-order valence-electron chi connectivity index (χ4n) is 2.57. The summed E-state index contributed by atoms with van der Waals surface area (Å²) in [5.74, 6) is 0.150. The first-order valence-electron chi connectivity index (χ1n) is 6.65. The van der Waals surface area contributed by atoms with Gasteiger partial charge in [0.2, 0.25) is 0 Å². The Hall–Kier alpha value is -2.33. The standard InChI is InChI=1S/C16H17N3O/c1-12-18(11-13-7-3-2-4-8-13)15-10-6-5-9-14(15)16(17)19(12)20/h2-10,12,17,20H,11H2,1H3. The Balaban J connectivity index is 2.01. The molecule has 2 aromatic rings. The summed E-state index contributed by atoms with van der Waals surface area (Å²) >= 11 is 0. The first-order chi connectivity index (χ1) is 9.68. The maximum Gasteiger partial charge on any atom is 0.156 e. The number of anilines is 1. The van der Waals surface area contributed by atoms with Gasteiger partial charge in [0.25, 0.3) is 0 Å². The highest BCUT2D eigenvalue weighted by atomic mass is 16.5. The van der Waals surface area contributed by atoms with Crippen LogP contribution in [0.4, 0.5) is 5.69 Å². The number of nitrogens with zero attached hydrogens (tertiary/aromatic N) is 2. The van der Waals surface area contributed by atoms with E-state index in [0.29, 0.717) is 6.54 Å². The lowest BCUT2D eigenvalue weighted by Gasteiger charge is -2.42. The first-order valence-corrected chi connectivity index (χ1v) is 6.65. The Morgan fingerprint density at radius 2 is 1.70 bits per heavy atom. The van der Waals surface area contributed by atoms with Crippen LogP contribution in [0.1, 0.15) is 18.1 Å². The van der Waals surface area contributed by atoms with Gasteiger partial charge in [-0.25, -0.2) is 5.06 Å². The van der Waals surface area contributed by atoms with E-state index >= 15 is 0 Å². The molecule has 3 rings (SSSR count). The lowest BCUT2D eigenvalue weighted by atomic mass is 10.1. The number of rotatable bonds is 2. The van der Waals surface area contributed by atoms with Crippen LogP contribution in [0.3, 0.4) is 0 Å². The SMILES string of the molecule is CC1N(O)C(=N)c2ccccc2N1Cc1ccccc1. The van der Waals surface area contributed by atoms with Gasteiger partial charge in [0.15, 0.2) is 5.84 Å². The second-order valence-corrected chi connectivity index (χ2v) is 4.96. The molecule has 1 heterocycles. The molecule has 0 bridgehead atoms. The predicted octanol–water partition coefficient (Wildman–Crippen LogP) is 3.07. The third kappa shape index (κ3) is 2.04. The molecule has 2 aromatic carbocycles. The van der Waals surface area contributed by atoms with Crippen molar-refractivity contribution in [1.29, 1.82) is 5.41 Å². The van der Waals surface area contributed by atoms with Gasteiger partial charge in [0, 0.05) is 17.8 Å². The van der Waals surface area contributed by atoms with E-state index < -0.39 is 0 Å². The van der Waals surface area contributed by atoms with Crippen LogP contribution >= 0.6 is 0 Å². The van der Waals surface area contributed by atoms with Gasteiger partial charge in [-0.1, -0.05) is 42.5 Å². The number of benzene rings is 2. The van der Waals surface area contributed by atoms with Gasteiger partial charge in [-0.2, -0.15) is 0 Å². The monoisotopic (exact) mass is 267 g/mol. The molecular formula is C16H17N3O. The summed E-state index contributed by atoms with van der Waals surface area (Å²) in [5.41, 5.74) is 2.92. The molecule has 2 N–H and O–H groups in total. The zero-order chi connectivity index (χ0) is 14.1. The van der Waals surface area contributed by atoms with Gasteiger partial charge >= 0.3 is 0 Å². The van der Waals surface area contributed by atoms with Crippen LogP contribution in [-0.4, -0.2) is 22.3 Å². The number of hydrogen-bond donors (Lipinski definition) is 2. The summed E-state index contributed by atoms with van der Waals surface area (Å²) in [6, 6.07) is 17.9. The molecule has 4 heteroatoms. The highest BCUT2D eigenvalue weighted by Crippen LogP contribution is 2.31. The molecule has 0 fully saturated rings. The Morgan fingerprint density at radius 1 is 1.05 bits per heavy atom. The van der Waals surface area contributed by atoms with Crippen molar-refractivity contribution < 1.29 is 5.21 Å². The minimum atomic E-state index is -0.266. The second-order valence-electron chi connectivity index (χ2n) is 4.96. The van der Waals surface area contributed by atoms with E-state index in [1.165, 1.54) is 5.56 Å². The van der Waals surface area contributed by atoms with Gasteiger partial charge in [-0.15, -0.1) is 0 Å². The van der Waals surface area contributed by atoms with Crippen molar-refractivity contribution in [2.75, 3.05) is 4.90 Å². The maximum atomic E-state index is 10.1. The van der Waals surface area contributed by atoms with Crippen LogP contribution < -0.4 is 4.90 Å². The molecule has 1 aliphatic heterocycles. The van der Waals surface area contributed by atoms with Crippen molar-refractivity contribution in [3.05, 3.63) is 65.7 Å². The summed E-state index contributed by atoms with van der Waals surface area (Å²) < 4.78 is 0. The van der Waals surface area contributed by atoms with Crippen LogP contribution in [0.2, 0.25) is 0 Å². The fourth-order valence-corrected chi connectivity index (χ4v) is 2.57. The molecule has 20 heavy (non-hydrogen) atoms. The minimum Gasteiger partial charge on any atom is -0.344 e. The van der Waals surface area contributed by atoms with Crippen molar-refractivity contribution in [1.82, 2.24) is 5.06 Å². The topological polar surface area (TPSA) is 50.6 Å². The van der Waals surface area contributed by atoms with Crippen LogP contribution in [-0.2, 0) is 6.54 Å². The van der Waals surface area contributed by atoms with Crippen LogP contribution in [0, 0.1) is 5.41 Å². The van der Waals surface area contributed by atoms with Crippen LogP contribution in [0.15, 0.2) is 54.6 Å². The Labute approximate surface area is 118 Å². The molecule has 0 aliphatic carbocycles. The first kappa shape index (κ1) is 12.7. The van der Waals surface area contributed by atoms with Crippen molar-refractivity contribution >= 4 is 11.5 Å². The molecule has 102 valence electrons. The van der Waals surface area contributed by atoms with Crippen LogP contribution in [0.5, 0.6) is 0 Å². The van der Waals surface area contributed by atoms with E-state index in [2.05, 4.69) is 17.0 Å². The fraction of sp³-hybridized carbons (Fsp3) is 0.188.